The number of fused-ring (bicyclic) bond motifs is 3. The first kappa shape index (κ1) is 16.5. The van der Waals surface area contributed by atoms with Gasteiger partial charge in [-0.25, -0.2) is 4.79 Å². The van der Waals surface area contributed by atoms with Crippen LogP contribution in [-0.4, -0.2) is 23.7 Å². The molecule has 3 rings (SSSR count). The fourth-order valence-electron chi connectivity index (χ4n) is 2.92. The summed E-state index contributed by atoms with van der Waals surface area (Å²) in [6, 6.07) is 1.70. The second-order valence-electron chi connectivity index (χ2n) is 6.23. The fraction of sp³-hybridized carbons (Fsp3) is 0.444. The van der Waals surface area contributed by atoms with Gasteiger partial charge in [-0.1, -0.05) is 13.0 Å². The van der Waals surface area contributed by atoms with Crippen molar-refractivity contribution in [1.29, 1.82) is 0 Å². The summed E-state index contributed by atoms with van der Waals surface area (Å²) in [5.74, 6) is 0.292. The molecule has 0 radical (unpaired) electrons. The van der Waals surface area contributed by atoms with Gasteiger partial charge in [0.1, 0.15) is 11.9 Å². The van der Waals surface area contributed by atoms with E-state index in [1.165, 1.54) is 0 Å². The van der Waals surface area contributed by atoms with Crippen molar-refractivity contribution in [2.45, 2.75) is 38.9 Å². The third-order valence-electron chi connectivity index (χ3n) is 4.45. The Labute approximate surface area is 139 Å². The van der Waals surface area contributed by atoms with Gasteiger partial charge in [0.2, 0.25) is 5.91 Å². The van der Waals surface area contributed by atoms with E-state index in [9.17, 15) is 14.7 Å². The van der Waals surface area contributed by atoms with E-state index in [4.69, 9.17) is 9.15 Å². The predicted molar refractivity (Wildman–Crippen MR) is 88.1 cm³/mol. The van der Waals surface area contributed by atoms with Crippen molar-refractivity contribution in [2.75, 3.05) is 6.54 Å². The number of aliphatic hydroxyl groups excluding tert-OH is 1. The van der Waals surface area contributed by atoms with E-state index >= 15 is 0 Å². The van der Waals surface area contributed by atoms with Crippen LogP contribution < -0.4 is 10.9 Å². The lowest BCUT2D eigenvalue weighted by atomic mass is 9.86. The van der Waals surface area contributed by atoms with E-state index < -0.39 is 11.7 Å². The average molecular weight is 331 g/mol. The van der Waals surface area contributed by atoms with Gasteiger partial charge in [-0.2, -0.15) is 0 Å². The molecule has 24 heavy (non-hydrogen) atoms. The van der Waals surface area contributed by atoms with Crippen LogP contribution in [0.1, 0.15) is 43.3 Å². The number of rotatable bonds is 5. The van der Waals surface area contributed by atoms with Crippen molar-refractivity contribution >= 4 is 12.0 Å². The standard InChI is InChI=1S/C18H21NO5/c1-3-12(20)8-19-16(21)7-11-6-14-15(24-18(11)22)5-4-13-10(2)9-23-17(13)14/h4-6,9,12-13,17,20H,3,7-8H2,1-2H3,(H,19,21). The average Bonchev–Trinajstić information content (AvgIpc) is 2.95. The van der Waals surface area contributed by atoms with Gasteiger partial charge < -0.3 is 19.6 Å². The van der Waals surface area contributed by atoms with Gasteiger partial charge in [0.25, 0.3) is 0 Å². The van der Waals surface area contributed by atoms with Gasteiger partial charge in [-0.05, 0) is 31.1 Å². The number of hydrogen-bond donors (Lipinski definition) is 2. The van der Waals surface area contributed by atoms with Gasteiger partial charge in [0.15, 0.2) is 0 Å². The molecule has 2 aliphatic rings. The molecule has 0 aromatic carbocycles. The highest BCUT2D eigenvalue weighted by molar-refractivity contribution is 5.78. The van der Waals surface area contributed by atoms with Gasteiger partial charge in [0.05, 0.1) is 18.8 Å². The summed E-state index contributed by atoms with van der Waals surface area (Å²) in [6.07, 6.45) is 5.15. The minimum atomic E-state index is -0.583. The molecule has 1 aromatic rings. The molecule has 0 spiro atoms. The maximum Gasteiger partial charge on any atom is 0.339 e. The van der Waals surface area contributed by atoms with Crippen molar-refractivity contribution in [3.05, 3.63) is 51.3 Å². The smallest absolute Gasteiger partial charge is 0.339 e. The molecule has 1 amide bonds. The Morgan fingerprint density at radius 1 is 1.46 bits per heavy atom. The molecule has 0 bridgehead atoms. The molecule has 3 atom stereocenters. The largest absolute Gasteiger partial charge is 0.492 e. The number of amides is 1. The maximum absolute atomic E-state index is 12.1. The Balaban J connectivity index is 1.78. The second kappa shape index (κ2) is 6.65. The molecule has 0 saturated heterocycles. The van der Waals surface area contributed by atoms with E-state index in [2.05, 4.69) is 5.32 Å². The normalized spacial score (nSPS) is 22.2. The SMILES string of the molecule is CCC(O)CNC(=O)Cc1cc2c(oc1=O)C=CC1C(C)=COC21. The van der Waals surface area contributed by atoms with Crippen LogP contribution >= 0.6 is 0 Å². The van der Waals surface area contributed by atoms with Gasteiger partial charge >= 0.3 is 5.63 Å². The molecule has 2 heterocycles. The van der Waals surface area contributed by atoms with Crippen LogP contribution in [0.2, 0.25) is 0 Å². The fourth-order valence-corrected chi connectivity index (χ4v) is 2.92. The zero-order valence-electron chi connectivity index (χ0n) is 13.7. The quantitative estimate of drug-likeness (QED) is 0.857. The monoisotopic (exact) mass is 331 g/mol. The number of carbonyl (C=O) groups is 1. The predicted octanol–water partition coefficient (Wildman–Crippen LogP) is 1.69. The Morgan fingerprint density at radius 3 is 3.00 bits per heavy atom. The first-order chi connectivity index (χ1) is 11.5. The minimum Gasteiger partial charge on any atom is -0.492 e. The molecule has 128 valence electrons. The molecule has 2 N–H and O–H groups in total. The molecule has 1 aromatic heterocycles. The van der Waals surface area contributed by atoms with E-state index in [-0.39, 0.29) is 30.9 Å². The Hall–Kier alpha value is -2.34. The first-order valence-electron chi connectivity index (χ1n) is 8.11. The van der Waals surface area contributed by atoms with E-state index in [1.54, 1.807) is 18.4 Å². The van der Waals surface area contributed by atoms with Crippen LogP contribution in [-0.2, 0) is 16.0 Å². The van der Waals surface area contributed by atoms with Crippen LogP contribution in [0, 0.1) is 5.92 Å². The zero-order valence-corrected chi connectivity index (χ0v) is 13.7. The van der Waals surface area contributed by atoms with Crippen molar-refractivity contribution in [3.63, 3.8) is 0 Å². The molecule has 1 aliphatic heterocycles. The number of ether oxygens (including phenoxy) is 1. The maximum atomic E-state index is 12.1. The molecule has 3 unspecified atom stereocenters. The molecule has 0 saturated carbocycles. The highest BCUT2D eigenvalue weighted by atomic mass is 16.5. The van der Waals surface area contributed by atoms with Crippen LogP contribution in [0.25, 0.3) is 6.08 Å². The molecule has 6 nitrogen and oxygen atoms in total. The summed E-state index contributed by atoms with van der Waals surface area (Å²) in [6.45, 7) is 3.99. The summed E-state index contributed by atoms with van der Waals surface area (Å²) in [4.78, 5) is 24.1. The summed E-state index contributed by atoms with van der Waals surface area (Å²) in [5.41, 5.74) is 1.66. The minimum absolute atomic E-state index is 0.0838. The summed E-state index contributed by atoms with van der Waals surface area (Å²) in [5, 5.41) is 12.1. The lowest BCUT2D eigenvalue weighted by Crippen LogP contribution is -2.33. The van der Waals surface area contributed by atoms with Gasteiger partial charge in [-0.3, -0.25) is 4.79 Å². The number of carbonyl (C=O) groups excluding carboxylic acids is 1. The van der Waals surface area contributed by atoms with Crippen LogP contribution in [0.3, 0.4) is 0 Å². The molecular formula is C18H21NO5. The van der Waals surface area contributed by atoms with Gasteiger partial charge in [0, 0.05) is 23.6 Å². The molecule has 1 aliphatic carbocycles. The number of hydrogen-bond acceptors (Lipinski definition) is 5. The third-order valence-corrected chi connectivity index (χ3v) is 4.45. The lowest BCUT2D eigenvalue weighted by molar-refractivity contribution is -0.120. The highest BCUT2D eigenvalue weighted by Gasteiger charge is 2.34. The second-order valence-corrected chi connectivity index (χ2v) is 6.23. The zero-order chi connectivity index (χ0) is 17.3. The number of aliphatic hydroxyl groups is 1. The van der Waals surface area contributed by atoms with Crippen LogP contribution in [0.4, 0.5) is 0 Å². The molecular weight excluding hydrogens is 310 g/mol. The van der Waals surface area contributed by atoms with Crippen LogP contribution in [0.5, 0.6) is 0 Å². The van der Waals surface area contributed by atoms with Crippen molar-refractivity contribution in [2.24, 2.45) is 5.92 Å². The molecule has 6 heteroatoms. The van der Waals surface area contributed by atoms with E-state index in [1.807, 2.05) is 19.9 Å². The van der Waals surface area contributed by atoms with E-state index in [0.29, 0.717) is 17.7 Å². The first-order valence-corrected chi connectivity index (χ1v) is 8.11. The Kier molecular flexibility index (Phi) is 4.57. The van der Waals surface area contributed by atoms with E-state index in [0.717, 1.165) is 11.1 Å². The third kappa shape index (κ3) is 3.14. The summed E-state index contributed by atoms with van der Waals surface area (Å²) < 4.78 is 11.0. The Morgan fingerprint density at radius 2 is 2.25 bits per heavy atom. The number of nitrogens with one attached hydrogen (secondary N) is 1. The summed E-state index contributed by atoms with van der Waals surface area (Å²) >= 11 is 0. The van der Waals surface area contributed by atoms with Crippen molar-refractivity contribution < 1.29 is 19.1 Å². The van der Waals surface area contributed by atoms with Crippen molar-refractivity contribution in [3.8, 4) is 0 Å². The molecule has 0 fully saturated rings. The summed E-state index contributed by atoms with van der Waals surface area (Å²) in [7, 11) is 0. The van der Waals surface area contributed by atoms with Crippen molar-refractivity contribution in [1.82, 2.24) is 5.32 Å². The highest BCUT2D eigenvalue weighted by Crippen LogP contribution is 2.42. The topological polar surface area (TPSA) is 88.8 Å². The van der Waals surface area contributed by atoms with Gasteiger partial charge in [-0.15, -0.1) is 0 Å². The Bertz CT molecular complexity index is 761. The van der Waals surface area contributed by atoms with Crippen LogP contribution in [0.15, 0.2) is 33.2 Å². The lowest BCUT2D eigenvalue weighted by Gasteiger charge is -2.23.